The molecule has 0 aliphatic carbocycles. The molecule has 1 saturated heterocycles. The zero-order valence-corrected chi connectivity index (χ0v) is 11.5. The van der Waals surface area contributed by atoms with Crippen LogP contribution in [0.2, 0.25) is 0 Å². The Balaban J connectivity index is 2.38. The van der Waals surface area contributed by atoms with Crippen molar-refractivity contribution in [3.63, 3.8) is 0 Å². The van der Waals surface area contributed by atoms with E-state index in [1.54, 1.807) is 20.8 Å². The van der Waals surface area contributed by atoms with E-state index >= 15 is 0 Å². The minimum Gasteiger partial charge on any atom is -0.442 e. The number of hydroxylamine groups is 1. The second-order valence-corrected chi connectivity index (χ2v) is 7.57. The van der Waals surface area contributed by atoms with Crippen LogP contribution in [0.1, 0.15) is 27.7 Å². The van der Waals surface area contributed by atoms with E-state index in [0.29, 0.717) is 0 Å². The first-order chi connectivity index (χ1) is 8.03. The highest BCUT2D eigenvalue weighted by Crippen LogP contribution is 2.28. The van der Waals surface area contributed by atoms with Crippen molar-refractivity contribution in [2.45, 2.75) is 38.5 Å². The third-order valence-electron chi connectivity index (χ3n) is 2.48. The standard InChI is InChI=1S/C10H17NO6S/c1-6-7(5-18(6,14)15)8(12)17-11-9(13)16-10(2,3)4/h6-7H,5H2,1-4H3,(H,11,13). The third kappa shape index (κ3) is 3.59. The molecule has 18 heavy (non-hydrogen) atoms. The summed E-state index contributed by atoms with van der Waals surface area (Å²) < 4.78 is 27.1. The lowest BCUT2D eigenvalue weighted by molar-refractivity contribution is -0.155. The lowest BCUT2D eigenvalue weighted by atomic mass is 10.1. The number of carbonyl (C=O) groups is 2. The average molecular weight is 279 g/mol. The Labute approximate surface area is 106 Å². The molecule has 8 heteroatoms. The van der Waals surface area contributed by atoms with Crippen LogP contribution >= 0.6 is 0 Å². The van der Waals surface area contributed by atoms with E-state index in [1.807, 2.05) is 5.48 Å². The first-order valence-electron chi connectivity index (χ1n) is 5.44. The van der Waals surface area contributed by atoms with E-state index in [-0.39, 0.29) is 5.75 Å². The van der Waals surface area contributed by atoms with E-state index in [4.69, 9.17) is 4.74 Å². The van der Waals surface area contributed by atoms with Crippen molar-refractivity contribution >= 4 is 21.9 Å². The maximum atomic E-state index is 11.4. The molecule has 2 unspecified atom stereocenters. The molecule has 1 aliphatic heterocycles. The van der Waals surface area contributed by atoms with Gasteiger partial charge in [-0.1, -0.05) is 0 Å². The van der Waals surface area contributed by atoms with Crippen LogP contribution in [0.5, 0.6) is 0 Å². The highest BCUT2D eigenvalue weighted by molar-refractivity contribution is 7.93. The van der Waals surface area contributed by atoms with Crippen LogP contribution in [-0.2, 0) is 24.2 Å². The number of carbonyl (C=O) groups excluding carboxylic acids is 2. The molecular weight excluding hydrogens is 262 g/mol. The molecular formula is C10H17NO6S. The molecule has 0 aromatic carbocycles. The number of amides is 1. The zero-order chi connectivity index (χ0) is 14.1. The summed E-state index contributed by atoms with van der Waals surface area (Å²) in [5.41, 5.74) is 1.13. The molecule has 1 rings (SSSR count). The van der Waals surface area contributed by atoms with E-state index in [9.17, 15) is 18.0 Å². The molecule has 0 saturated carbocycles. The lowest BCUT2D eigenvalue weighted by Gasteiger charge is -2.31. The van der Waals surface area contributed by atoms with Gasteiger partial charge in [-0.2, -0.15) is 0 Å². The maximum absolute atomic E-state index is 11.4. The maximum Gasteiger partial charge on any atom is 0.441 e. The van der Waals surface area contributed by atoms with Crippen molar-refractivity contribution in [1.82, 2.24) is 5.48 Å². The fourth-order valence-corrected chi connectivity index (χ4v) is 2.97. The number of sulfone groups is 1. The van der Waals surface area contributed by atoms with Gasteiger partial charge >= 0.3 is 12.1 Å². The van der Waals surface area contributed by atoms with Gasteiger partial charge in [-0.25, -0.2) is 18.0 Å². The van der Waals surface area contributed by atoms with Crippen LogP contribution in [0.25, 0.3) is 0 Å². The zero-order valence-electron chi connectivity index (χ0n) is 10.7. The Morgan fingerprint density at radius 1 is 1.28 bits per heavy atom. The predicted octanol–water partition coefficient (Wildman–Crippen LogP) is 0.402. The molecule has 0 aromatic heterocycles. The molecule has 0 bridgehead atoms. The molecule has 1 N–H and O–H groups in total. The summed E-state index contributed by atoms with van der Waals surface area (Å²) in [6, 6.07) is 0. The van der Waals surface area contributed by atoms with E-state index < -0.39 is 38.7 Å². The summed E-state index contributed by atoms with van der Waals surface area (Å²) in [7, 11) is -3.17. The van der Waals surface area contributed by atoms with Crippen LogP contribution in [0.4, 0.5) is 4.79 Å². The van der Waals surface area contributed by atoms with E-state index in [2.05, 4.69) is 4.84 Å². The Morgan fingerprint density at radius 2 is 1.83 bits per heavy atom. The van der Waals surface area contributed by atoms with Gasteiger partial charge in [0.15, 0.2) is 9.84 Å². The molecule has 1 amide bonds. The summed E-state index contributed by atoms with van der Waals surface area (Å²) in [6.45, 7) is 6.41. The molecule has 1 aliphatic rings. The van der Waals surface area contributed by atoms with E-state index in [0.717, 1.165) is 0 Å². The van der Waals surface area contributed by atoms with Gasteiger partial charge in [0.1, 0.15) is 5.60 Å². The predicted molar refractivity (Wildman–Crippen MR) is 62.2 cm³/mol. The van der Waals surface area contributed by atoms with Crippen molar-refractivity contribution in [3.8, 4) is 0 Å². The van der Waals surface area contributed by atoms with Gasteiger partial charge in [0.05, 0.1) is 16.9 Å². The second-order valence-electron chi connectivity index (χ2n) is 5.17. The second kappa shape index (κ2) is 4.75. The van der Waals surface area contributed by atoms with Crippen LogP contribution in [-0.4, -0.2) is 37.1 Å². The van der Waals surface area contributed by atoms with Crippen LogP contribution in [0.15, 0.2) is 0 Å². The number of hydrogen-bond acceptors (Lipinski definition) is 6. The topological polar surface area (TPSA) is 98.8 Å². The normalized spacial score (nSPS) is 25.8. The summed E-state index contributed by atoms with van der Waals surface area (Å²) in [5, 5.41) is -0.773. The Bertz CT molecular complexity index is 449. The van der Waals surface area contributed by atoms with Gasteiger partial charge < -0.3 is 9.57 Å². The highest BCUT2D eigenvalue weighted by atomic mass is 32.2. The van der Waals surface area contributed by atoms with Crippen molar-refractivity contribution in [2.24, 2.45) is 5.92 Å². The fourth-order valence-electron chi connectivity index (χ4n) is 1.39. The smallest absolute Gasteiger partial charge is 0.441 e. The van der Waals surface area contributed by atoms with Gasteiger partial charge in [0.2, 0.25) is 0 Å². The Kier molecular flexibility index (Phi) is 3.89. The number of rotatable bonds is 1. The van der Waals surface area contributed by atoms with Gasteiger partial charge in [-0.15, -0.1) is 5.48 Å². The van der Waals surface area contributed by atoms with Crippen molar-refractivity contribution in [2.75, 3.05) is 5.75 Å². The van der Waals surface area contributed by atoms with Gasteiger partial charge in [-0.3, -0.25) is 0 Å². The SMILES string of the molecule is CC1C(C(=O)ONC(=O)OC(C)(C)C)CS1(=O)=O. The first-order valence-corrected chi connectivity index (χ1v) is 7.16. The van der Waals surface area contributed by atoms with Gasteiger partial charge in [0.25, 0.3) is 0 Å². The van der Waals surface area contributed by atoms with Gasteiger partial charge in [-0.05, 0) is 27.7 Å². The largest absolute Gasteiger partial charge is 0.442 e. The monoisotopic (exact) mass is 279 g/mol. The van der Waals surface area contributed by atoms with Crippen molar-refractivity contribution in [1.29, 1.82) is 0 Å². The Hall–Kier alpha value is -1.31. The molecule has 104 valence electrons. The number of hydrogen-bond donors (Lipinski definition) is 1. The Morgan fingerprint density at radius 3 is 2.22 bits per heavy atom. The van der Waals surface area contributed by atoms with Crippen LogP contribution in [0, 0.1) is 5.92 Å². The summed E-state index contributed by atoms with van der Waals surface area (Å²) >= 11 is 0. The van der Waals surface area contributed by atoms with Gasteiger partial charge in [0, 0.05) is 0 Å². The highest BCUT2D eigenvalue weighted by Gasteiger charge is 2.48. The summed E-state index contributed by atoms with van der Waals surface area (Å²) in [5.74, 6) is -1.75. The number of ether oxygens (including phenoxy) is 1. The minimum atomic E-state index is -3.17. The first kappa shape index (κ1) is 14.7. The average Bonchev–Trinajstić information content (AvgIpc) is 2.20. The van der Waals surface area contributed by atoms with Crippen molar-refractivity contribution < 1.29 is 27.6 Å². The molecule has 0 aromatic rings. The molecule has 1 heterocycles. The van der Waals surface area contributed by atoms with E-state index in [1.165, 1.54) is 6.92 Å². The molecule has 0 radical (unpaired) electrons. The molecule has 1 fully saturated rings. The quantitative estimate of drug-likeness (QED) is 0.698. The number of nitrogens with one attached hydrogen (secondary N) is 1. The van der Waals surface area contributed by atoms with Crippen LogP contribution in [0.3, 0.4) is 0 Å². The summed E-state index contributed by atoms with van der Waals surface area (Å²) in [6.07, 6.45) is -0.898. The molecule has 0 spiro atoms. The molecule has 2 atom stereocenters. The fraction of sp³-hybridized carbons (Fsp3) is 0.800. The minimum absolute atomic E-state index is 0.247. The van der Waals surface area contributed by atoms with Crippen LogP contribution < -0.4 is 5.48 Å². The van der Waals surface area contributed by atoms with Crippen molar-refractivity contribution in [3.05, 3.63) is 0 Å². The lowest BCUT2D eigenvalue weighted by Crippen LogP contribution is -2.51. The molecule has 7 nitrogen and oxygen atoms in total. The third-order valence-corrected chi connectivity index (χ3v) is 4.77. The summed E-state index contributed by atoms with van der Waals surface area (Å²) in [4.78, 5) is 27.1.